The number of hydrogen-bond donors (Lipinski definition) is 0. The van der Waals surface area contributed by atoms with Crippen molar-refractivity contribution in [1.82, 2.24) is 0 Å². The monoisotopic (exact) mass is 363 g/mol. The van der Waals surface area contributed by atoms with Gasteiger partial charge in [0.2, 0.25) is 0 Å². The zero-order valence-corrected chi connectivity index (χ0v) is 14.9. The predicted molar refractivity (Wildman–Crippen MR) is 101 cm³/mol. The van der Waals surface area contributed by atoms with Crippen LogP contribution in [0.5, 0.6) is 0 Å². The molecule has 0 bridgehead atoms. The van der Waals surface area contributed by atoms with E-state index in [9.17, 15) is 0 Å². The van der Waals surface area contributed by atoms with Gasteiger partial charge in [-0.25, -0.2) is 0 Å². The third-order valence-electron chi connectivity index (χ3n) is 4.25. The van der Waals surface area contributed by atoms with E-state index in [1.807, 2.05) is 0 Å². The molecule has 1 heterocycles. The van der Waals surface area contributed by atoms with Crippen molar-refractivity contribution in [3.05, 3.63) is 101 Å². The summed E-state index contributed by atoms with van der Waals surface area (Å²) in [6.07, 6.45) is 2.42. The van der Waals surface area contributed by atoms with Gasteiger partial charge in [-0.3, -0.25) is 0 Å². The Morgan fingerprint density at radius 3 is 2.26 bits per heavy atom. The van der Waals surface area contributed by atoms with Crippen molar-refractivity contribution in [2.45, 2.75) is 12.2 Å². The van der Waals surface area contributed by atoms with E-state index in [1.54, 1.807) is 4.47 Å². The Hall–Kier alpha value is -2.08. The van der Waals surface area contributed by atoms with E-state index in [0.29, 0.717) is 0 Å². The summed E-state index contributed by atoms with van der Waals surface area (Å²) in [4.78, 5) is 0. The van der Waals surface area contributed by atoms with Gasteiger partial charge >= 0.3 is 142 Å². The summed E-state index contributed by atoms with van der Waals surface area (Å²) >= 11 is -1.00. The molecule has 1 unspecified atom stereocenters. The molecule has 0 amide bonds. The molecule has 0 aliphatic carbocycles. The van der Waals surface area contributed by atoms with Crippen LogP contribution in [0.4, 0.5) is 0 Å². The Kier molecular flexibility index (Phi) is 3.91. The fourth-order valence-electron chi connectivity index (χ4n) is 3.01. The van der Waals surface area contributed by atoms with Gasteiger partial charge in [0.1, 0.15) is 0 Å². The fourth-order valence-corrected chi connectivity index (χ4v) is 7.98. The van der Waals surface area contributed by atoms with Gasteiger partial charge in [-0.05, 0) is 0 Å². The second kappa shape index (κ2) is 6.20. The van der Waals surface area contributed by atoms with Crippen LogP contribution in [0.2, 0.25) is 0 Å². The molecule has 0 nitrogen and oxygen atoms in total. The summed E-state index contributed by atoms with van der Waals surface area (Å²) < 4.78 is 3.10. The molecule has 0 fully saturated rings. The number of hydrogen-bond acceptors (Lipinski definition) is 0. The number of fused-ring (bicyclic) bond motifs is 1. The van der Waals surface area contributed by atoms with Gasteiger partial charge in [-0.1, -0.05) is 0 Å². The molecule has 1 heteroatoms. The van der Waals surface area contributed by atoms with Gasteiger partial charge in [-0.2, -0.15) is 0 Å². The van der Waals surface area contributed by atoms with Gasteiger partial charge in [0.25, 0.3) is 0 Å². The maximum absolute atomic E-state index is 2.42. The molecule has 3 aromatic carbocycles. The first-order chi connectivity index (χ1) is 11.3. The second-order valence-electron chi connectivity index (χ2n) is 5.92. The van der Waals surface area contributed by atoms with Crippen molar-refractivity contribution in [2.24, 2.45) is 0 Å². The Bertz CT molecular complexity index is 845. The van der Waals surface area contributed by atoms with Crippen molar-refractivity contribution < 1.29 is 0 Å². The van der Waals surface area contributed by atoms with Crippen molar-refractivity contribution in [2.75, 3.05) is 0 Å². The molecule has 0 spiro atoms. The van der Waals surface area contributed by atoms with Gasteiger partial charge in [0.05, 0.1) is 0 Å². The first-order valence-corrected chi connectivity index (χ1v) is 10.9. The number of benzene rings is 3. The quantitative estimate of drug-likeness (QED) is 0.586. The summed E-state index contributed by atoms with van der Waals surface area (Å²) in [5, 5.41) is 1.22. The van der Waals surface area contributed by atoms with Crippen LogP contribution in [0.3, 0.4) is 0 Å². The van der Waals surface area contributed by atoms with Crippen LogP contribution >= 0.6 is 0 Å². The molecule has 0 radical (unpaired) electrons. The van der Waals surface area contributed by atoms with E-state index in [4.69, 9.17) is 0 Å². The summed E-state index contributed by atoms with van der Waals surface area (Å²) in [6, 6.07) is 28.9. The molecular weight excluding hydrogens is 343 g/mol. The average molecular weight is 362 g/mol. The molecule has 1 aliphatic rings. The van der Waals surface area contributed by atoms with Crippen molar-refractivity contribution in [3.63, 3.8) is 0 Å². The molecular formula is C22H19Se+. The molecule has 0 aromatic heterocycles. The zero-order valence-electron chi connectivity index (χ0n) is 13.2. The molecule has 0 N–H and O–H groups in total. The first kappa shape index (κ1) is 14.5. The topological polar surface area (TPSA) is 0 Å². The molecule has 0 saturated heterocycles. The van der Waals surface area contributed by atoms with E-state index in [2.05, 4.69) is 91.9 Å². The summed E-state index contributed by atoms with van der Waals surface area (Å²) in [5.41, 5.74) is 5.60. The number of rotatable bonds is 2. The normalized spacial score (nSPS) is 18.1. The SMILES string of the molecule is Cc1ccc(/C=C2/c3ccccc3C[Se+]2c2ccccc2)cc1. The molecule has 3 aromatic rings. The van der Waals surface area contributed by atoms with Gasteiger partial charge in [-0.15, -0.1) is 0 Å². The van der Waals surface area contributed by atoms with E-state index >= 15 is 0 Å². The molecule has 4 rings (SSSR count). The third kappa shape index (κ3) is 2.91. The predicted octanol–water partition coefficient (Wildman–Crippen LogP) is 4.57. The second-order valence-corrected chi connectivity index (χ2v) is 10.1. The number of aryl methyl sites for hydroxylation is 1. The summed E-state index contributed by atoms with van der Waals surface area (Å²) in [5.74, 6) is 0. The fraction of sp³-hybridized carbons (Fsp3) is 0.0909. The molecule has 1 aliphatic heterocycles. The molecule has 0 saturated carbocycles. The standard InChI is InChI=1S/C22H19Se/c1-17-11-13-18(14-12-17)15-22-21-10-6-5-7-19(21)16-23(22)20-8-3-2-4-9-20/h2-15H,16H2,1H3/q+1/b22-15-. The van der Waals surface area contributed by atoms with Crippen LogP contribution in [0, 0.1) is 6.92 Å². The van der Waals surface area contributed by atoms with Crippen LogP contribution in [-0.4, -0.2) is 13.9 Å². The summed E-state index contributed by atoms with van der Waals surface area (Å²) in [6.45, 7) is 2.14. The molecule has 112 valence electrons. The van der Waals surface area contributed by atoms with E-state index < -0.39 is 13.9 Å². The van der Waals surface area contributed by atoms with Crippen LogP contribution in [0.15, 0.2) is 78.9 Å². The van der Waals surface area contributed by atoms with Crippen molar-refractivity contribution in [3.8, 4) is 0 Å². The van der Waals surface area contributed by atoms with Gasteiger partial charge in [0.15, 0.2) is 0 Å². The van der Waals surface area contributed by atoms with E-state index in [-0.39, 0.29) is 0 Å². The minimum atomic E-state index is -1.00. The van der Waals surface area contributed by atoms with Crippen molar-refractivity contribution >= 4 is 28.9 Å². The minimum absolute atomic E-state index is 1.00. The summed E-state index contributed by atoms with van der Waals surface area (Å²) in [7, 11) is 0. The van der Waals surface area contributed by atoms with Crippen LogP contribution in [0.25, 0.3) is 10.5 Å². The third-order valence-corrected chi connectivity index (χ3v) is 9.10. The zero-order chi connectivity index (χ0) is 15.6. The first-order valence-electron chi connectivity index (χ1n) is 7.94. The Morgan fingerprint density at radius 1 is 0.783 bits per heavy atom. The molecule has 1 atom stereocenters. The Morgan fingerprint density at radius 2 is 1.48 bits per heavy atom. The average Bonchev–Trinajstić information content (AvgIpc) is 2.96. The van der Waals surface area contributed by atoms with Crippen LogP contribution in [-0.2, 0) is 5.32 Å². The van der Waals surface area contributed by atoms with Gasteiger partial charge in [0, 0.05) is 0 Å². The Balaban J connectivity index is 1.83. The van der Waals surface area contributed by atoms with Gasteiger partial charge < -0.3 is 0 Å². The van der Waals surface area contributed by atoms with Crippen LogP contribution in [0.1, 0.15) is 22.3 Å². The van der Waals surface area contributed by atoms with E-state index in [0.717, 1.165) is 0 Å². The van der Waals surface area contributed by atoms with Crippen molar-refractivity contribution in [1.29, 1.82) is 0 Å². The Labute approximate surface area is 142 Å². The maximum atomic E-state index is 2.42. The van der Waals surface area contributed by atoms with E-state index in [1.165, 1.54) is 32.0 Å². The van der Waals surface area contributed by atoms with Crippen LogP contribution < -0.4 is 4.46 Å². The molecule has 23 heavy (non-hydrogen) atoms.